The number of carbonyl (C=O) groups excluding carboxylic acids is 1. The highest BCUT2D eigenvalue weighted by Crippen LogP contribution is 2.24. The van der Waals surface area contributed by atoms with Crippen LogP contribution in [0.4, 0.5) is 5.69 Å². The molecule has 2 aliphatic rings. The molecule has 1 saturated heterocycles. The Labute approximate surface area is 181 Å². The highest BCUT2D eigenvalue weighted by atomic mass is 32.2. The van der Waals surface area contributed by atoms with Gasteiger partial charge in [0.15, 0.2) is 0 Å². The molecule has 1 saturated carbocycles. The van der Waals surface area contributed by atoms with E-state index in [1.807, 2.05) is 0 Å². The van der Waals surface area contributed by atoms with Gasteiger partial charge < -0.3 is 10.0 Å². The minimum Gasteiger partial charge on any atom is -0.383 e. The number of hydrogen-bond acceptors (Lipinski definition) is 4. The van der Waals surface area contributed by atoms with E-state index >= 15 is 0 Å². The lowest BCUT2D eigenvalue weighted by Crippen LogP contribution is -2.35. The molecule has 6 nitrogen and oxygen atoms in total. The number of benzene rings is 1. The SMILES string of the molecule is O=C1C(O)CCN1c1ccc(S(=O)(=O)NC2CCCCCCCCCCCC2)cc1. The molecule has 30 heavy (non-hydrogen) atoms. The van der Waals surface area contributed by atoms with Crippen LogP contribution in [0.1, 0.15) is 83.5 Å². The molecule has 1 aliphatic heterocycles. The number of aliphatic hydroxyl groups excluding tert-OH is 1. The zero-order chi connectivity index (χ0) is 21.4. The van der Waals surface area contributed by atoms with Gasteiger partial charge in [-0.25, -0.2) is 13.1 Å². The number of amides is 1. The van der Waals surface area contributed by atoms with Crippen LogP contribution in [0.3, 0.4) is 0 Å². The Hall–Kier alpha value is -1.44. The molecule has 0 bridgehead atoms. The summed E-state index contributed by atoms with van der Waals surface area (Å²) < 4.78 is 28.8. The highest BCUT2D eigenvalue weighted by Gasteiger charge is 2.31. The fourth-order valence-electron chi connectivity index (χ4n) is 4.47. The van der Waals surface area contributed by atoms with Gasteiger partial charge in [0.05, 0.1) is 4.90 Å². The van der Waals surface area contributed by atoms with Gasteiger partial charge in [0.25, 0.3) is 5.91 Å². The summed E-state index contributed by atoms with van der Waals surface area (Å²) in [6.45, 7) is 0.451. The maximum atomic E-state index is 12.9. The molecule has 1 unspecified atom stereocenters. The third-order valence-electron chi connectivity index (χ3n) is 6.31. The summed E-state index contributed by atoms with van der Waals surface area (Å²) in [5.74, 6) is -0.326. The van der Waals surface area contributed by atoms with Crippen molar-refractivity contribution in [3.63, 3.8) is 0 Å². The van der Waals surface area contributed by atoms with Crippen molar-refractivity contribution < 1.29 is 18.3 Å². The van der Waals surface area contributed by atoms with Crippen molar-refractivity contribution in [2.24, 2.45) is 0 Å². The van der Waals surface area contributed by atoms with Gasteiger partial charge in [-0.3, -0.25) is 4.79 Å². The van der Waals surface area contributed by atoms with Crippen LogP contribution in [0.25, 0.3) is 0 Å². The Kier molecular flexibility index (Phi) is 8.72. The average molecular weight is 437 g/mol. The topological polar surface area (TPSA) is 86.7 Å². The van der Waals surface area contributed by atoms with Crippen LogP contribution >= 0.6 is 0 Å². The minimum absolute atomic E-state index is 0.0225. The molecule has 7 heteroatoms. The fraction of sp³-hybridized carbons (Fsp3) is 0.696. The molecule has 0 radical (unpaired) electrons. The summed E-state index contributed by atoms with van der Waals surface area (Å²) in [5.41, 5.74) is 0.623. The fourth-order valence-corrected chi connectivity index (χ4v) is 5.78. The van der Waals surface area contributed by atoms with E-state index < -0.39 is 16.1 Å². The summed E-state index contributed by atoms with van der Waals surface area (Å²) in [6, 6.07) is 6.37. The van der Waals surface area contributed by atoms with Crippen molar-refractivity contribution >= 4 is 21.6 Å². The third-order valence-corrected chi connectivity index (χ3v) is 7.85. The molecule has 1 heterocycles. The molecule has 1 aromatic rings. The number of aliphatic hydroxyl groups is 1. The van der Waals surface area contributed by atoms with Crippen LogP contribution in [0.5, 0.6) is 0 Å². The molecule has 1 aromatic carbocycles. The standard InChI is InChI=1S/C23H36N2O4S/c26-22-17-18-25(23(22)27)20-13-15-21(16-14-20)30(28,29)24-19-11-9-7-5-3-1-2-4-6-8-10-12-19/h13-16,19,22,24,26H,1-12,17-18H2. The summed E-state index contributed by atoms with van der Waals surface area (Å²) in [4.78, 5) is 13.7. The molecule has 168 valence electrons. The Morgan fingerprint density at radius 1 is 0.800 bits per heavy atom. The molecule has 1 atom stereocenters. The van der Waals surface area contributed by atoms with Crippen molar-refractivity contribution in [1.82, 2.24) is 4.72 Å². The van der Waals surface area contributed by atoms with E-state index in [9.17, 15) is 18.3 Å². The van der Waals surface area contributed by atoms with E-state index in [1.54, 1.807) is 24.3 Å². The van der Waals surface area contributed by atoms with Gasteiger partial charge in [-0.2, -0.15) is 0 Å². The predicted octanol–water partition coefficient (Wildman–Crippen LogP) is 4.13. The molecule has 1 aliphatic carbocycles. The van der Waals surface area contributed by atoms with Gasteiger partial charge in [0.1, 0.15) is 6.10 Å². The lowest BCUT2D eigenvalue weighted by molar-refractivity contribution is -0.123. The van der Waals surface area contributed by atoms with E-state index in [0.29, 0.717) is 18.7 Å². The van der Waals surface area contributed by atoms with Crippen LogP contribution < -0.4 is 9.62 Å². The molecule has 0 aromatic heterocycles. The molecule has 3 rings (SSSR count). The van der Waals surface area contributed by atoms with Gasteiger partial charge in [0.2, 0.25) is 10.0 Å². The van der Waals surface area contributed by atoms with Gasteiger partial charge in [-0.05, 0) is 37.1 Å². The smallest absolute Gasteiger partial charge is 0.255 e. The number of nitrogens with one attached hydrogen (secondary N) is 1. The quantitative estimate of drug-likeness (QED) is 0.743. The van der Waals surface area contributed by atoms with Crippen molar-refractivity contribution in [2.45, 2.75) is 101 Å². The molecule has 1 amide bonds. The minimum atomic E-state index is -3.60. The number of nitrogens with zero attached hydrogens (tertiary/aromatic N) is 1. The molecule has 2 N–H and O–H groups in total. The summed E-state index contributed by atoms with van der Waals surface area (Å²) in [5, 5.41) is 9.63. The zero-order valence-electron chi connectivity index (χ0n) is 17.9. The molecule has 2 fully saturated rings. The van der Waals surface area contributed by atoms with Crippen LogP contribution in [-0.4, -0.2) is 38.1 Å². The molecular weight excluding hydrogens is 400 g/mol. The Morgan fingerprint density at radius 2 is 1.30 bits per heavy atom. The normalized spacial score (nSPS) is 23.6. The van der Waals surface area contributed by atoms with Crippen molar-refractivity contribution in [2.75, 3.05) is 11.4 Å². The van der Waals surface area contributed by atoms with Gasteiger partial charge >= 0.3 is 0 Å². The second-order valence-corrected chi connectivity index (χ2v) is 10.4. The van der Waals surface area contributed by atoms with Crippen molar-refractivity contribution in [3.05, 3.63) is 24.3 Å². The van der Waals surface area contributed by atoms with Gasteiger partial charge in [-0.1, -0.05) is 64.2 Å². The molecule has 0 spiro atoms. The summed E-state index contributed by atoms with van der Waals surface area (Å²) in [6.07, 6.45) is 13.4. The van der Waals surface area contributed by atoms with E-state index in [4.69, 9.17) is 0 Å². The third kappa shape index (κ3) is 6.53. The number of hydrogen-bond donors (Lipinski definition) is 2. The Balaban J connectivity index is 1.62. The summed E-state index contributed by atoms with van der Waals surface area (Å²) >= 11 is 0. The first-order chi connectivity index (χ1) is 14.5. The maximum Gasteiger partial charge on any atom is 0.255 e. The predicted molar refractivity (Wildman–Crippen MR) is 119 cm³/mol. The van der Waals surface area contributed by atoms with Crippen LogP contribution in [-0.2, 0) is 14.8 Å². The maximum absolute atomic E-state index is 12.9. The Bertz CT molecular complexity index is 765. The Morgan fingerprint density at radius 3 is 1.77 bits per heavy atom. The lowest BCUT2D eigenvalue weighted by Gasteiger charge is -2.20. The number of anilines is 1. The highest BCUT2D eigenvalue weighted by molar-refractivity contribution is 7.89. The van der Waals surface area contributed by atoms with Crippen molar-refractivity contribution in [1.29, 1.82) is 0 Å². The number of rotatable bonds is 4. The van der Waals surface area contributed by atoms with Gasteiger partial charge in [0, 0.05) is 24.7 Å². The van der Waals surface area contributed by atoms with E-state index in [2.05, 4.69) is 4.72 Å². The molecular formula is C23H36N2O4S. The first-order valence-electron chi connectivity index (χ1n) is 11.6. The van der Waals surface area contributed by atoms with Crippen LogP contribution in [0.15, 0.2) is 29.2 Å². The van der Waals surface area contributed by atoms with E-state index in [-0.39, 0.29) is 16.8 Å². The van der Waals surface area contributed by atoms with Crippen LogP contribution in [0.2, 0.25) is 0 Å². The monoisotopic (exact) mass is 436 g/mol. The first kappa shape index (κ1) is 23.2. The van der Waals surface area contributed by atoms with E-state index in [1.165, 1.54) is 56.3 Å². The number of sulfonamides is 1. The first-order valence-corrected chi connectivity index (χ1v) is 13.1. The van der Waals surface area contributed by atoms with Crippen molar-refractivity contribution in [3.8, 4) is 0 Å². The van der Waals surface area contributed by atoms with Gasteiger partial charge in [-0.15, -0.1) is 0 Å². The average Bonchev–Trinajstić information content (AvgIpc) is 3.07. The largest absolute Gasteiger partial charge is 0.383 e. The second kappa shape index (κ2) is 11.3. The van der Waals surface area contributed by atoms with E-state index in [0.717, 1.165) is 25.7 Å². The summed E-state index contributed by atoms with van der Waals surface area (Å²) in [7, 11) is -3.60. The zero-order valence-corrected chi connectivity index (χ0v) is 18.7. The van der Waals surface area contributed by atoms with Crippen LogP contribution in [0, 0.1) is 0 Å². The second-order valence-electron chi connectivity index (χ2n) is 8.72. The number of carbonyl (C=O) groups is 1. The lowest BCUT2D eigenvalue weighted by atomic mass is 10.0.